The lowest BCUT2D eigenvalue weighted by atomic mass is 10.0. The number of nitrogens with zero attached hydrogens (tertiary/aromatic N) is 2. The molecule has 2 N–H and O–H groups in total. The number of carbonyl (C=O) groups excluding carboxylic acids is 1. The molecule has 2 aromatic carbocycles. The number of urea groups is 1. The van der Waals surface area contributed by atoms with Gasteiger partial charge in [0.1, 0.15) is 5.75 Å². The van der Waals surface area contributed by atoms with E-state index in [1.807, 2.05) is 12.1 Å². The van der Waals surface area contributed by atoms with Gasteiger partial charge < -0.3 is 20.3 Å². The molecule has 6 nitrogen and oxygen atoms in total. The number of likely N-dealkylation sites (tertiary alicyclic amines) is 1. The van der Waals surface area contributed by atoms with Crippen LogP contribution in [0.5, 0.6) is 5.75 Å². The van der Waals surface area contributed by atoms with Crippen LogP contribution in [0.3, 0.4) is 0 Å². The number of carbonyl (C=O) groups is 1. The second kappa shape index (κ2) is 10.5. The van der Waals surface area contributed by atoms with Crippen molar-refractivity contribution in [1.82, 2.24) is 15.5 Å². The van der Waals surface area contributed by atoms with E-state index < -0.39 is 0 Å². The molecule has 166 valence electrons. The predicted octanol–water partition coefficient (Wildman–Crippen LogP) is 3.49. The molecule has 0 aliphatic carbocycles. The molecule has 2 saturated heterocycles. The van der Waals surface area contributed by atoms with Crippen molar-refractivity contribution in [3.8, 4) is 5.75 Å². The summed E-state index contributed by atoms with van der Waals surface area (Å²) in [6, 6.07) is 19.0. The average Bonchev–Trinajstić information content (AvgIpc) is 3.29. The first-order chi connectivity index (χ1) is 15.2. The Morgan fingerprint density at radius 3 is 2.61 bits per heavy atom. The lowest BCUT2D eigenvalue weighted by molar-refractivity contribution is 0.186. The highest BCUT2D eigenvalue weighted by molar-refractivity contribution is 5.74. The fourth-order valence-electron chi connectivity index (χ4n) is 4.59. The molecule has 0 aromatic heterocycles. The van der Waals surface area contributed by atoms with Gasteiger partial charge in [-0.1, -0.05) is 36.4 Å². The minimum absolute atomic E-state index is 0.0265. The summed E-state index contributed by atoms with van der Waals surface area (Å²) < 4.78 is 5.33. The molecular formula is C25H34N4O2. The second-order valence-electron chi connectivity index (χ2n) is 8.69. The molecule has 1 unspecified atom stereocenters. The van der Waals surface area contributed by atoms with E-state index in [1.54, 1.807) is 7.11 Å². The number of hydrogen-bond donors (Lipinski definition) is 2. The summed E-state index contributed by atoms with van der Waals surface area (Å²) in [5, 5.41) is 6.28. The minimum atomic E-state index is -0.0265. The Labute approximate surface area is 185 Å². The van der Waals surface area contributed by atoms with Crippen LogP contribution in [0.2, 0.25) is 0 Å². The van der Waals surface area contributed by atoms with Gasteiger partial charge >= 0.3 is 6.03 Å². The fourth-order valence-corrected chi connectivity index (χ4v) is 4.59. The van der Waals surface area contributed by atoms with Crippen LogP contribution < -0.4 is 20.3 Å². The summed E-state index contributed by atoms with van der Waals surface area (Å²) in [5.74, 6) is 1.36. The van der Waals surface area contributed by atoms with Gasteiger partial charge in [-0.2, -0.15) is 0 Å². The van der Waals surface area contributed by atoms with Crippen LogP contribution in [-0.2, 0) is 6.54 Å². The maximum atomic E-state index is 12.4. The maximum absolute atomic E-state index is 12.4. The van der Waals surface area contributed by atoms with Gasteiger partial charge in [0.05, 0.1) is 7.11 Å². The Morgan fingerprint density at radius 2 is 1.84 bits per heavy atom. The molecule has 0 radical (unpaired) electrons. The topological polar surface area (TPSA) is 56.8 Å². The quantitative estimate of drug-likeness (QED) is 0.717. The van der Waals surface area contributed by atoms with Gasteiger partial charge in [0.25, 0.3) is 0 Å². The lowest BCUT2D eigenvalue weighted by Crippen LogP contribution is -2.48. The van der Waals surface area contributed by atoms with Crippen molar-refractivity contribution in [2.75, 3.05) is 44.7 Å². The van der Waals surface area contributed by atoms with Crippen molar-refractivity contribution in [2.45, 2.75) is 31.8 Å². The van der Waals surface area contributed by atoms with Crippen LogP contribution in [0.25, 0.3) is 0 Å². The Balaban J connectivity index is 1.14. The number of nitrogens with one attached hydrogen (secondary N) is 2. The molecule has 1 atom stereocenters. The van der Waals surface area contributed by atoms with Crippen LogP contribution in [0, 0.1) is 5.92 Å². The molecule has 2 aliphatic heterocycles. The van der Waals surface area contributed by atoms with E-state index >= 15 is 0 Å². The average molecular weight is 423 g/mol. The van der Waals surface area contributed by atoms with E-state index in [0.29, 0.717) is 5.92 Å². The van der Waals surface area contributed by atoms with Crippen LogP contribution >= 0.6 is 0 Å². The molecule has 4 rings (SSSR count). The van der Waals surface area contributed by atoms with Gasteiger partial charge in [-0.3, -0.25) is 4.90 Å². The van der Waals surface area contributed by atoms with E-state index in [0.717, 1.165) is 64.3 Å². The van der Waals surface area contributed by atoms with E-state index in [2.05, 4.69) is 62.9 Å². The zero-order chi connectivity index (χ0) is 21.5. The molecule has 2 fully saturated rings. The van der Waals surface area contributed by atoms with Gasteiger partial charge in [-0.05, 0) is 42.9 Å². The number of hydrogen-bond acceptors (Lipinski definition) is 4. The molecule has 0 bridgehead atoms. The standard InChI is InChI=1S/C25H34N4O2/c1-31-24-9-5-8-23(16-24)29-15-10-21(19-29)17-26-25(30)27-22-11-13-28(14-12-22)18-20-6-3-2-4-7-20/h2-9,16,21-22H,10-15,17-19H2,1H3,(H2,26,27,30). The normalized spacial score (nSPS) is 19.9. The van der Waals surface area contributed by atoms with Crippen molar-refractivity contribution in [3.05, 3.63) is 60.2 Å². The minimum Gasteiger partial charge on any atom is -0.497 e. The first-order valence-electron chi connectivity index (χ1n) is 11.4. The van der Waals surface area contributed by atoms with Crippen LogP contribution in [0.4, 0.5) is 10.5 Å². The van der Waals surface area contributed by atoms with E-state index in [-0.39, 0.29) is 12.1 Å². The van der Waals surface area contributed by atoms with Crippen LogP contribution in [0.15, 0.2) is 54.6 Å². The molecule has 2 aromatic rings. The van der Waals surface area contributed by atoms with Crippen LogP contribution in [-0.4, -0.2) is 56.8 Å². The van der Waals surface area contributed by atoms with Crippen molar-refractivity contribution in [2.24, 2.45) is 5.92 Å². The molecule has 31 heavy (non-hydrogen) atoms. The molecule has 0 spiro atoms. The van der Waals surface area contributed by atoms with Gasteiger partial charge in [-0.15, -0.1) is 0 Å². The molecule has 6 heteroatoms. The van der Waals surface area contributed by atoms with E-state index in [4.69, 9.17) is 4.74 Å². The summed E-state index contributed by atoms with van der Waals surface area (Å²) in [4.78, 5) is 17.2. The fraction of sp³-hybridized carbons (Fsp3) is 0.480. The summed E-state index contributed by atoms with van der Waals surface area (Å²) >= 11 is 0. The molecule has 0 saturated carbocycles. The highest BCUT2D eigenvalue weighted by atomic mass is 16.5. The largest absolute Gasteiger partial charge is 0.497 e. The SMILES string of the molecule is COc1cccc(N2CCC(CNC(=O)NC3CCN(Cc4ccccc4)CC3)C2)c1. The number of methoxy groups -OCH3 is 1. The predicted molar refractivity (Wildman–Crippen MR) is 125 cm³/mol. The van der Waals surface area contributed by atoms with Crippen molar-refractivity contribution >= 4 is 11.7 Å². The monoisotopic (exact) mass is 422 g/mol. The first-order valence-corrected chi connectivity index (χ1v) is 11.4. The summed E-state index contributed by atoms with van der Waals surface area (Å²) in [6.45, 7) is 5.74. The summed E-state index contributed by atoms with van der Waals surface area (Å²) in [5.41, 5.74) is 2.54. The number of piperidine rings is 1. The number of anilines is 1. The van der Waals surface area contributed by atoms with Crippen LogP contribution in [0.1, 0.15) is 24.8 Å². The molecule has 2 amide bonds. The maximum Gasteiger partial charge on any atom is 0.315 e. The highest BCUT2D eigenvalue weighted by Gasteiger charge is 2.24. The molecular weight excluding hydrogens is 388 g/mol. The molecule has 2 heterocycles. The van der Waals surface area contributed by atoms with E-state index in [1.165, 1.54) is 11.3 Å². The third-order valence-electron chi connectivity index (χ3n) is 6.43. The van der Waals surface area contributed by atoms with Gasteiger partial charge in [0.15, 0.2) is 0 Å². The lowest BCUT2D eigenvalue weighted by Gasteiger charge is -2.32. The number of rotatable bonds is 7. The third kappa shape index (κ3) is 6.14. The zero-order valence-corrected chi connectivity index (χ0v) is 18.4. The van der Waals surface area contributed by atoms with Gasteiger partial charge in [-0.25, -0.2) is 4.79 Å². The Morgan fingerprint density at radius 1 is 1.03 bits per heavy atom. The number of ether oxygens (including phenoxy) is 1. The summed E-state index contributed by atoms with van der Waals surface area (Å²) in [7, 11) is 1.70. The number of amides is 2. The number of benzene rings is 2. The van der Waals surface area contributed by atoms with Gasteiger partial charge in [0, 0.05) is 57.1 Å². The smallest absolute Gasteiger partial charge is 0.315 e. The van der Waals surface area contributed by atoms with Crippen molar-refractivity contribution < 1.29 is 9.53 Å². The van der Waals surface area contributed by atoms with Crippen molar-refractivity contribution in [1.29, 1.82) is 0 Å². The van der Waals surface area contributed by atoms with Crippen molar-refractivity contribution in [3.63, 3.8) is 0 Å². The van der Waals surface area contributed by atoms with E-state index in [9.17, 15) is 4.79 Å². The zero-order valence-electron chi connectivity index (χ0n) is 18.4. The third-order valence-corrected chi connectivity index (χ3v) is 6.43. The Bertz CT molecular complexity index is 836. The summed E-state index contributed by atoms with van der Waals surface area (Å²) in [6.07, 6.45) is 3.11. The molecule has 2 aliphatic rings. The highest BCUT2D eigenvalue weighted by Crippen LogP contribution is 2.26. The van der Waals surface area contributed by atoms with Gasteiger partial charge in [0.2, 0.25) is 0 Å². The second-order valence-corrected chi connectivity index (χ2v) is 8.69. The first kappa shape index (κ1) is 21.5. The Hall–Kier alpha value is -2.73. The Kier molecular flexibility index (Phi) is 7.30.